The van der Waals surface area contributed by atoms with Crippen LogP contribution in [0.1, 0.15) is 52.9 Å². The number of aliphatic carboxylic acids is 1. The lowest BCUT2D eigenvalue weighted by atomic mass is 9.94. The Balaban J connectivity index is 4.19. The molecule has 2 amide bonds. The van der Waals surface area contributed by atoms with E-state index < -0.39 is 5.97 Å². The van der Waals surface area contributed by atoms with E-state index in [-0.39, 0.29) is 18.5 Å². The Morgan fingerprint density at radius 3 is 2.43 bits per heavy atom. The molecule has 0 spiro atoms. The lowest BCUT2D eigenvalue weighted by Gasteiger charge is -2.26. The predicted molar refractivity (Wildman–Crippen MR) is 85.3 cm³/mol. The molecule has 5 nitrogen and oxygen atoms in total. The third-order valence-electron chi connectivity index (χ3n) is 3.50. The maximum Gasteiger partial charge on any atom is 0.317 e. The molecule has 0 aliphatic carbocycles. The Bertz CT molecular complexity index is 329. The van der Waals surface area contributed by atoms with Gasteiger partial charge in [0.25, 0.3) is 0 Å². The molecule has 21 heavy (non-hydrogen) atoms. The van der Waals surface area contributed by atoms with Crippen molar-refractivity contribution in [3.63, 3.8) is 0 Å². The number of rotatable bonds is 11. The van der Waals surface area contributed by atoms with Gasteiger partial charge in [0, 0.05) is 25.6 Å². The van der Waals surface area contributed by atoms with Crippen molar-refractivity contribution < 1.29 is 14.7 Å². The Kier molecular flexibility index (Phi) is 10.4. The number of carboxylic acid groups (broad SMARTS) is 1. The highest BCUT2D eigenvalue weighted by Crippen LogP contribution is 2.17. The molecule has 2 N–H and O–H groups in total. The molecule has 1 unspecified atom stereocenters. The number of hydrogen-bond donors (Lipinski definition) is 2. The van der Waals surface area contributed by atoms with Crippen molar-refractivity contribution in [2.45, 2.75) is 58.9 Å². The first-order valence-electron chi connectivity index (χ1n) is 7.79. The number of nitrogens with one attached hydrogen (secondary N) is 1. The first-order chi connectivity index (χ1) is 9.92. The molecule has 0 fully saturated rings. The zero-order valence-corrected chi connectivity index (χ0v) is 13.6. The van der Waals surface area contributed by atoms with Gasteiger partial charge in [0.1, 0.15) is 0 Å². The summed E-state index contributed by atoms with van der Waals surface area (Å²) in [5, 5.41) is 11.7. The number of hydrogen-bond acceptors (Lipinski definition) is 2. The third-order valence-corrected chi connectivity index (χ3v) is 3.50. The van der Waals surface area contributed by atoms with Crippen LogP contribution in [0, 0.1) is 5.92 Å². The van der Waals surface area contributed by atoms with E-state index in [1.807, 2.05) is 13.8 Å². The summed E-state index contributed by atoms with van der Waals surface area (Å²) in [6.07, 6.45) is 5.46. The lowest BCUT2D eigenvalue weighted by molar-refractivity contribution is -0.137. The summed E-state index contributed by atoms with van der Waals surface area (Å²) < 4.78 is 0. The van der Waals surface area contributed by atoms with Gasteiger partial charge in [-0.3, -0.25) is 4.79 Å². The predicted octanol–water partition coefficient (Wildman–Crippen LogP) is 3.26. The van der Waals surface area contributed by atoms with E-state index in [2.05, 4.69) is 18.8 Å². The molecule has 1 atom stereocenters. The summed E-state index contributed by atoms with van der Waals surface area (Å²) >= 11 is 0. The van der Waals surface area contributed by atoms with E-state index >= 15 is 0 Å². The van der Waals surface area contributed by atoms with Crippen LogP contribution in [0.5, 0.6) is 0 Å². The van der Waals surface area contributed by atoms with Crippen molar-refractivity contribution in [3.05, 3.63) is 12.7 Å². The van der Waals surface area contributed by atoms with Crippen molar-refractivity contribution in [2.75, 3.05) is 13.1 Å². The highest BCUT2D eigenvalue weighted by molar-refractivity contribution is 5.74. The molecular formula is C16H30N2O3. The van der Waals surface area contributed by atoms with Crippen LogP contribution >= 0.6 is 0 Å². The second kappa shape index (κ2) is 11.2. The van der Waals surface area contributed by atoms with Crippen LogP contribution < -0.4 is 5.32 Å². The molecule has 0 saturated heterocycles. The number of urea groups is 1. The number of amides is 2. The average Bonchev–Trinajstić information content (AvgIpc) is 2.41. The van der Waals surface area contributed by atoms with Crippen molar-refractivity contribution in [1.29, 1.82) is 0 Å². The number of nitrogens with zero attached hydrogens (tertiary/aromatic N) is 1. The minimum absolute atomic E-state index is 0.0848. The standard InChI is InChI=1S/C16H30N2O3/c1-5-7-14(8-9-15(19)20)10-11-17-16(21)18(12-6-2)13(3)4/h6,13-14H,2,5,7-12H2,1,3-4H3,(H,17,21)(H,19,20). The molecule has 0 aromatic heterocycles. The van der Waals surface area contributed by atoms with Gasteiger partial charge in [-0.2, -0.15) is 0 Å². The summed E-state index contributed by atoms with van der Waals surface area (Å²) in [6, 6.07) is 0.0415. The topological polar surface area (TPSA) is 69.6 Å². The Morgan fingerprint density at radius 1 is 1.29 bits per heavy atom. The van der Waals surface area contributed by atoms with E-state index in [1.54, 1.807) is 11.0 Å². The van der Waals surface area contributed by atoms with E-state index in [0.29, 0.717) is 25.4 Å². The molecule has 0 aromatic rings. The SMILES string of the molecule is C=CCN(C(=O)NCCC(CCC)CCC(=O)O)C(C)C. The van der Waals surface area contributed by atoms with Crippen LogP contribution in [-0.2, 0) is 4.79 Å². The van der Waals surface area contributed by atoms with Crippen LogP contribution in [0.25, 0.3) is 0 Å². The van der Waals surface area contributed by atoms with Gasteiger partial charge < -0.3 is 15.3 Å². The maximum absolute atomic E-state index is 12.1. The molecule has 0 rings (SSSR count). The third kappa shape index (κ3) is 9.10. The minimum atomic E-state index is -0.753. The number of carbonyl (C=O) groups is 2. The molecular weight excluding hydrogens is 268 g/mol. The molecule has 0 heterocycles. The molecule has 0 aliphatic heterocycles. The van der Waals surface area contributed by atoms with Gasteiger partial charge >= 0.3 is 12.0 Å². The van der Waals surface area contributed by atoms with Crippen LogP contribution in [0.4, 0.5) is 4.79 Å². The summed E-state index contributed by atoms with van der Waals surface area (Å²) in [5.41, 5.74) is 0. The van der Waals surface area contributed by atoms with Crippen molar-refractivity contribution in [1.82, 2.24) is 10.2 Å². The fourth-order valence-corrected chi connectivity index (χ4v) is 2.32. The zero-order valence-electron chi connectivity index (χ0n) is 13.6. The molecule has 5 heteroatoms. The smallest absolute Gasteiger partial charge is 0.317 e. The fraction of sp³-hybridized carbons (Fsp3) is 0.750. The van der Waals surface area contributed by atoms with Gasteiger partial charge in [0.2, 0.25) is 0 Å². The Morgan fingerprint density at radius 2 is 1.95 bits per heavy atom. The van der Waals surface area contributed by atoms with E-state index in [9.17, 15) is 9.59 Å². The summed E-state index contributed by atoms with van der Waals surface area (Å²) in [6.45, 7) is 10.8. The van der Waals surface area contributed by atoms with Gasteiger partial charge in [0.05, 0.1) is 0 Å². The van der Waals surface area contributed by atoms with Gasteiger partial charge in [-0.1, -0.05) is 25.8 Å². The highest BCUT2D eigenvalue weighted by Gasteiger charge is 2.16. The van der Waals surface area contributed by atoms with E-state index in [0.717, 1.165) is 19.3 Å². The van der Waals surface area contributed by atoms with Crippen LogP contribution in [0.2, 0.25) is 0 Å². The fourth-order valence-electron chi connectivity index (χ4n) is 2.32. The molecule has 122 valence electrons. The van der Waals surface area contributed by atoms with Crippen LogP contribution in [-0.4, -0.2) is 41.1 Å². The van der Waals surface area contributed by atoms with Gasteiger partial charge in [-0.05, 0) is 32.6 Å². The number of carbonyl (C=O) groups excluding carboxylic acids is 1. The average molecular weight is 298 g/mol. The largest absolute Gasteiger partial charge is 0.481 e. The number of carboxylic acids is 1. The van der Waals surface area contributed by atoms with Gasteiger partial charge in [0.15, 0.2) is 0 Å². The molecule has 0 aromatic carbocycles. The van der Waals surface area contributed by atoms with Crippen molar-refractivity contribution in [2.24, 2.45) is 5.92 Å². The van der Waals surface area contributed by atoms with E-state index in [1.165, 1.54) is 0 Å². The first kappa shape index (κ1) is 19.5. The summed E-state index contributed by atoms with van der Waals surface area (Å²) in [4.78, 5) is 24.4. The Labute approximate surface area is 128 Å². The second-order valence-electron chi connectivity index (χ2n) is 5.64. The molecule has 0 bridgehead atoms. The minimum Gasteiger partial charge on any atom is -0.481 e. The first-order valence-corrected chi connectivity index (χ1v) is 7.79. The highest BCUT2D eigenvalue weighted by atomic mass is 16.4. The van der Waals surface area contributed by atoms with Crippen molar-refractivity contribution in [3.8, 4) is 0 Å². The van der Waals surface area contributed by atoms with E-state index in [4.69, 9.17) is 5.11 Å². The quantitative estimate of drug-likeness (QED) is 0.575. The lowest BCUT2D eigenvalue weighted by Crippen LogP contribution is -2.44. The zero-order chi connectivity index (χ0) is 16.3. The molecule has 0 radical (unpaired) electrons. The monoisotopic (exact) mass is 298 g/mol. The maximum atomic E-state index is 12.1. The van der Waals surface area contributed by atoms with Crippen molar-refractivity contribution >= 4 is 12.0 Å². The summed E-state index contributed by atoms with van der Waals surface area (Å²) in [5.74, 6) is -0.393. The van der Waals surface area contributed by atoms with Gasteiger partial charge in [-0.15, -0.1) is 6.58 Å². The Hall–Kier alpha value is -1.52. The molecule has 0 aliphatic rings. The molecule has 0 saturated carbocycles. The second-order valence-corrected chi connectivity index (χ2v) is 5.64. The van der Waals surface area contributed by atoms with Crippen LogP contribution in [0.3, 0.4) is 0 Å². The summed E-state index contributed by atoms with van der Waals surface area (Å²) in [7, 11) is 0. The van der Waals surface area contributed by atoms with Crippen LogP contribution in [0.15, 0.2) is 12.7 Å². The van der Waals surface area contributed by atoms with Gasteiger partial charge in [-0.25, -0.2) is 4.79 Å². The normalized spacial score (nSPS) is 12.0.